The fourth-order valence-electron chi connectivity index (χ4n) is 8.58. The van der Waals surface area contributed by atoms with E-state index < -0.39 is 24.3 Å². The number of hydrogen-bond donors (Lipinski definition) is 0. The van der Waals surface area contributed by atoms with E-state index in [1.165, 1.54) is 116 Å². The van der Waals surface area contributed by atoms with E-state index >= 15 is 0 Å². The van der Waals surface area contributed by atoms with Crippen molar-refractivity contribution < 1.29 is 42.9 Å². The van der Waals surface area contributed by atoms with E-state index in [1.54, 1.807) is 0 Å². The molecule has 2 atom stereocenters. The molecule has 0 saturated heterocycles. The molecule has 0 N–H and O–H groups in total. The van der Waals surface area contributed by atoms with Crippen LogP contribution in [0, 0.1) is 0 Å². The molecule has 9 heteroatoms. The minimum absolute atomic E-state index is 0.142. The Hall–Kier alpha value is -3.79. The number of carboxylic acids is 1. The molecule has 442 valence electrons. The molecule has 0 aromatic rings. The van der Waals surface area contributed by atoms with E-state index in [-0.39, 0.29) is 38.6 Å². The van der Waals surface area contributed by atoms with Crippen LogP contribution in [0.15, 0.2) is 97.2 Å². The first-order chi connectivity index (χ1) is 37.6. The van der Waals surface area contributed by atoms with Gasteiger partial charge in [-0.2, -0.15) is 0 Å². The highest BCUT2D eigenvalue weighted by molar-refractivity contribution is 5.70. The molecule has 0 aliphatic rings. The lowest BCUT2D eigenvalue weighted by molar-refractivity contribution is -0.870. The highest BCUT2D eigenvalue weighted by Gasteiger charge is 2.22. The average molecular weight is 1080 g/mol. The summed E-state index contributed by atoms with van der Waals surface area (Å²) in [5.41, 5.74) is 0. The molecule has 9 nitrogen and oxygen atoms in total. The summed E-state index contributed by atoms with van der Waals surface area (Å²) >= 11 is 0. The molecule has 0 saturated carbocycles. The molecule has 0 aromatic carbocycles. The van der Waals surface area contributed by atoms with E-state index in [4.69, 9.17) is 18.9 Å². The molecular weight excluding hydrogens is 959 g/mol. The maximum atomic E-state index is 12.9. The summed E-state index contributed by atoms with van der Waals surface area (Å²) in [6, 6.07) is 0. The molecule has 0 aliphatic carbocycles. The minimum Gasteiger partial charge on any atom is -0.545 e. The number of unbranched alkanes of at least 4 members (excludes halogenated alkanes) is 26. The van der Waals surface area contributed by atoms with Crippen molar-refractivity contribution in [3.8, 4) is 0 Å². The van der Waals surface area contributed by atoms with Crippen LogP contribution in [0.1, 0.15) is 258 Å². The Morgan fingerprint density at radius 3 is 1.04 bits per heavy atom. The van der Waals surface area contributed by atoms with Crippen molar-refractivity contribution in [2.75, 3.05) is 47.5 Å². The maximum Gasteiger partial charge on any atom is 0.306 e. The summed E-state index contributed by atoms with van der Waals surface area (Å²) in [4.78, 5) is 37.4. The molecule has 0 heterocycles. The van der Waals surface area contributed by atoms with Gasteiger partial charge in [0.2, 0.25) is 0 Å². The van der Waals surface area contributed by atoms with Crippen LogP contribution < -0.4 is 5.11 Å². The topological polar surface area (TPSA) is 111 Å². The van der Waals surface area contributed by atoms with Crippen LogP contribution in [0.4, 0.5) is 0 Å². The van der Waals surface area contributed by atoms with Crippen LogP contribution in [0.2, 0.25) is 0 Å². The van der Waals surface area contributed by atoms with E-state index in [1.807, 2.05) is 21.1 Å². The van der Waals surface area contributed by atoms with E-state index in [2.05, 4.69) is 111 Å². The number of aliphatic carboxylic acids is 1. The summed E-state index contributed by atoms with van der Waals surface area (Å²) < 4.78 is 22.7. The largest absolute Gasteiger partial charge is 0.545 e. The third kappa shape index (κ3) is 59.7. The first-order valence-corrected chi connectivity index (χ1v) is 31.4. The number of carbonyl (C=O) groups is 3. The summed E-state index contributed by atoms with van der Waals surface area (Å²) in [6.45, 7) is 4.52. The van der Waals surface area contributed by atoms with Crippen LogP contribution in [0.25, 0.3) is 0 Å². The number of allylic oxidation sites excluding steroid dienone is 16. The second-order valence-corrected chi connectivity index (χ2v) is 21.9. The van der Waals surface area contributed by atoms with Crippen LogP contribution >= 0.6 is 0 Å². The molecule has 2 unspecified atom stereocenters. The Bertz CT molecular complexity index is 1580. The van der Waals surface area contributed by atoms with Gasteiger partial charge in [0.15, 0.2) is 12.4 Å². The number of quaternary nitrogens is 1. The van der Waals surface area contributed by atoms with E-state index in [9.17, 15) is 19.5 Å². The normalized spacial score (nSPS) is 13.4. The first kappa shape index (κ1) is 73.2. The lowest BCUT2D eigenvalue weighted by atomic mass is 10.0. The number of rotatable bonds is 57. The Morgan fingerprint density at radius 2 is 0.701 bits per heavy atom. The lowest BCUT2D eigenvalue weighted by Crippen LogP contribution is -2.44. The maximum absolute atomic E-state index is 12.9. The van der Waals surface area contributed by atoms with Crippen molar-refractivity contribution in [1.82, 2.24) is 0 Å². The van der Waals surface area contributed by atoms with Crippen LogP contribution in [0.3, 0.4) is 0 Å². The smallest absolute Gasteiger partial charge is 0.306 e. The number of carboxylic acid groups (broad SMARTS) is 1. The van der Waals surface area contributed by atoms with Crippen molar-refractivity contribution >= 4 is 17.9 Å². The fourth-order valence-corrected chi connectivity index (χ4v) is 8.58. The Balaban J connectivity index is 4.13. The monoisotopic (exact) mass is 1080 g/mol. The molecule has 0 fully saturated rings. The molecule has 0 amide bonds. The van der Waals surface area contributed by atoms with Gasteiger partial charge in [0, 0.05) is 12.8 Å². The van der Waals surface area contributed by atoms with Crippen molar-refractivity contribution in [1.29, 1.82) is 0 Å². The molecule has 0 spiro atoms. The van der Waals surface area contributed by atoms with Gasteiger partial charge in [-0.3, -0.25) is 9.59 Å². The van der Waals surface area contributed by atoms with Gasteiger partial charge in [-0.25, -0.2) is 0 Å². The van der Waals surface area contributed by atoms with Gasteiger partial charge in [0.1, 0.15) is 13.2 Å². The number of hydrogen-bond acceptors (Lipinski definition) is 8. The predicted octanol–water partition coefficient (Wildman–Crippen LogP) is 17.6. The lowest BCUT2D eigenvalue weighted by Gasteiger charge is -2.26. The average Bonchev–Trinajstić information content (AvgIpc) is 3.40. The molecule has 0 rings (SSSR count). The summed E-state index contributed by atoms with van der Waals surface area (Å²) in [5.74, 6) is -2.30. The van der Waals surface area contributed by atoms with Crippen LogP contribution in [-0.4, -0.2) is 82.3 Å². The number of ether oxygens (including phenoxy) is 4. The molecular formula is C68H117NO8. The second kappa shape index (κ2) is 58.4. The third-order valence-electron chi connectivity index (χ3n) is 13.3. The van der Waals surface area contributed by atoms with E-state index in [0.717, 1.165) is 109 Å². The minimum atomic E-state index is -1.63. The predicted molar refractivity (Wildman–Crippen MR) is 324 cm³/mol. The Kier molecular flexibility index (Phi) is 55.5. The number of esters is 2. The fraction of sp³-hybridized carbons (Fsp3) is 0.721. The van der Waals surface area contributed by atoms with Crippen molar-refractivity contribution in [2.45, 2.75) is 270 Å². The number of nitrogens with zero attached hydrogens (tertiary/aromatic N) is 1. The molecule has 0 radical (unpaired) electrons. The Morgan fingerprint density at radius 1 is 0.390 bits per heavy atom. The van der Waals surface area contributed by atoms with Crippen LogP contribution in [0.5, 0.6) is 0 Å². The number of likely N-dealkylation sites (N-methyl/N-ethyl adjacent to an activating group) is 1. The molecule has 77 heavy (non-hydrogen) atoms. The SMILES string of the molecule is CC/C=C\C/C=C\C/C=C\C/C=C\CCCCCCCCCCCCCCCCCCCCCCC(=O)OC(COC(=O)CCCCCCCC/C=C\C/C=C\C/C=C\C/C=C\CC)COC(OCC[N+](C)(C)C)C(=O)[O-]. The zero-order valence-electron chi connectivity index (χ0n) is 50.3. The van der Waals surface area contributed by atoms with Crippen molar-refractivity contribution in [3.63, 3.8) is 0 Å². The van der Waals surface area contributed by atoms with Gasteiger partial charge in [0.25, 0.3) is 0 Å². The van der Waals surface area contributed by atoms with Gasteiger partial charge >= 0.3 is 11.9 Å². The highest BCUT2D eigenvalue weighted by Crippen LogP contribution is 2.17. The summed E-state index contributed by atoms with van der Waals surface area (Å²) in [7, 11) is 5.92. The van der Waals surface area contributed by atoms with Gasteiger partial charge < -0.3 is 33.3 Å². The third-order valence-corrected chi connectivity index (χ3v) is 13.3. The van der Waals surface area contributed by atoms with Gasteiger partial charge in [-0.15, -0.1) is 0 Å². The summed E-state index contributed by atoms with van der Waals surface area (Å²) in [5, 5.41) is 11.8. The van der Waals surface area contributed by atoms with E-state index in [0.29, 0.717) is 17.4 Å². The van der Waals surface area contributed by atoms with Crippen LogP contribution in [-0.2, 0) is 33.3 Å². The zero-order valence-corrected chi connectivity index (χ0v) is 50.3. The van der Waals surface area contributed by atoms with Gasteiger partial charge in [0.05, 0.1) is 40.3 Å². The molecule has 0 aliphatic heterocycles. The second-order valence-electron chi connectivity index (χ2n) is 21.9. The van der Waals surface area contributed by atoms with Gasteiger partial charge in [-0.05, 0) is 89.9 Å². The molecule has 0 bridgehead atoms. The zero-order chi connectivity index (χ0) is 56.2. The Labute approximate surface area is 473 Å². The standard InChI is InChI=1S/C68H117NO8/c1-6-8-10-12-14-16-18-20-22-24-26-27-28-29-30-31-32-33-34-35-36-37-38-39-41-43-45-47-49-51-53-55-57-59-66(71)77-64(63-76-68(67(72)73)74-61-60-69(3,4)5)62-75-65(70)58-56-54-52-50-48-46-44-42-40-25-23-21-19-17-15-13-11-9-7-2/h8-11,14-17,20-23,26-27,40,42,64,68H,6-7,12-13,18-19,24-25,28-39,41,43-63H2,1-5H3/b10-8-,11-9-,16-14-,17-15-,22-20-,23-21-,27-26-,42-40-. The first-order valence-electron chi connectivity index (χ1n) is 31.4. The number of carbonyl (C=O) groups excluding carboxylic acids is 3. The van der Waals surface area contributed by atoms with Crippen molar-refractivity contribution in [2.24, 2.45) is 0 Å². The van der Waals surface area contributed by atoms with Gasteiger partial charge in [-0.1, -0.05) is 252 Å². The quantitative estimate of drug-likeness (QED) is 0.0195. The molecule has 0 aromatic heterocycles. The highest BCUT2D eigenvalue weighted by atomic mass is 16.7. The summed E-state index contributed by atoms with van der Waals surface area (Å²) in [6.07, 6.45) is 76.2. The van der Waals surface area contributed by atoms with Crippen molar-refractivity contribution in [3.05, 3.63) is 97.2 Å².